The van der Waals surface area contributed by atoms with Gasteiger partial charge in [0.2, 0.25) is 10.0 Å². The number of methoxy groups -OCH3 is 1. The van der Waals surface area contributed by atoms with Crippen molar-refractivity contribution in [2.45, 2.75) is 10.9 Å². The Bertz CT molecular complexity index is 467. The van der Waals surface area contributed by atoms with Crippen molar-refractivity contribution >= 4 is 41.9 Å². The summed E-state index contributed by atoms with van der Waals surface area (Å²) in [6, 6.07) is 1.18. The third-order valence-electron chi connectivity index (χ3n) is 1.87. The number of nitrogens with one attached hydrogen (secondary N) is 1. The van der Waals surface area contributed by atoms with Crippen LogP contribution in [0.15, 0.2) is 27.8 Å². The predicted octanol–water partition coefficient (Wildman–Crippen LogP) is 1.53. The van der Waals surface area contributed by atoms with Crippen molar-refractivity contribution < 1.29 is 13.2 Å². The molecule has 0 aliphatic rings. The highest BCUT2D eigenvalue weighted by Crippen LogP contribution is 2.14. The number of nitrogens with zero attached hydrogens (tertiary/aromatic N) is 1. The van der Waals surface area contributed by atoms with E-state index in [9.17, 15) is 8.42 Å². The molecule has 0 aliphatic carbocycles. The van der Waals surface area contributed by atoms with Crippen LogP contribution in [-0.4, -0.2) is 38.5 Å². The second-order valence-corrected chi connectivity index (χ2v) is 6.54. The number of halogens is 2. The van der Waals surface area contributed by atoms with Gasteiger partial charge >= 0.3 is 0 Å². The fourth-order valence-electron chi connectivity index (χ4n) is 1.14. The van der Waals surface area contributed by atoms with Gasteiger partial charge in [-0.25, -0.2) is 13.1 Å². The maximum atomic E-state index is 12.0. The molecule has 0 aromatic carbocycles. The zero-order valence-electron chi connectivity index (χ0n) is 9.06. The number of hydrogen-bond donors (Lipinski definition) is 1. The Kier molecular flexibility index (Phi) is 6.01. The molecule has 1 rings (SSSR count). The van der Waals surface area contributed by atoms with Crippen LogP contribution < -0.4 is 4.72 Å². The van der Waals surface area contributed by atoms with Crippen molar-refractivity contribution in [1.29, 1.82) is 0 Å². The molecular weight excluding hydrogens is 376 g/mol. The fourth-order valence-corrected chi connectivity index (χ4v) is 3.43. The van der Waals surface area contributed by atoms with Gasteiger partial charge in [-0.2, -0.15) is 0 Å². The van der Waals surface area contributed by atoms with Crippen LogP contribution in [0.25, 0.3) is 0 Å². The lowest BCUT2D eigenvalue weighted by atomic mass is 10.4. The monoisotopic (exact) mass is 386 g/mol. The second-order valence-electron chi connectivity index (χ2n) is 3.27. The molecule has 8 heteroatoms. The highest BCUT2D eigenvalue weighted by atomic mass is 79.9. The summed E-state index contributed by atoms with van der Waals surface area (Å²) in [6.07, 6.45) is 2.82. The van der Waals surface area contributed by atoms with Crippen molar-refractivity contribution in [2.24, 2.45) is 0 Å². The van der Waals surface area contributed by atoms with E-state index in [4.69, 9.17) is 4.74 Å². The molecule has 0 radical (unpaired) electrons. The molecule has 5 nitrogen and oxygen atoms in total. The highest BCUT2D eigenvalue weighted by molar-refractivity contribution is 9.10. The first-order valence-corrected chi connectivity index (χ1v) is 8.07. The molecule has 0 saturated carbocycles. The molecule has 0 amide bonds. The van der Waals surface area contributed by atoms with Gasteiger partial charge in [-0.1, -0.05) is 15.9 Å². The average molecular weight is 388 g/mol. The number of pyridine rings is 1. The van der Waals surface area contributed by atoms with Crippen molar-refractivity contribution in [2.75, 3.05) is 19.0 Å². The molecule has 17 heavy (non-hydrogen) atoms. The molecular formula is C9H12Br2N2O3S. The molecule has 0 bridgehead atoms. The lowest BCUT2D eigenvalue weighted by Gasteiger charge is -2.15. The molecule has 0 aliphatic heterocycles. The molecule has 0 spiro atoms. The van der Waals surface area contributed by atoms with E-state index in [1.807, 2.05) is 0 Å². The van der Waals surface area contributed by atoms with Crippen LogP contribution >= 0.6 is 31.9 Å². The van der Waals surface area contributed by atoms with Crippen LogP contribution in [0, 0.1) is 0 Å². The first kappa shape index (κ1) is 15.0. The van der Waals surface area contributed by atoms with Gasteiger partial charge in [0.25, 0.3) is 0 Å². The number of aromatic nitrogens is 1. The van der Waals surface area contributed by atoms with Gasteiger partial charge in [-0.05, 0) is 22.0 Å². The molecule has 0 fully saturated rings. The Labute approximate surface area is 117 Å². The van der Waals surface area contributed by atoms with E-state index in [-0.39, 0.29) is 10.9 Å². The highest BCUT2D eigenvalue weighted by Gasteiger charge is 2.19. The van der Waals surface area contributed by atoms with Gasteiger partial charge in [-0.15, -0.1) is 0 Å². The SMILES string of the molecule is COCC(CBr)NS(=O)(=O)c1cncc(Br)c1. The number of alkyl halides is 1. The first-order chi connectivity index (χ1) is 7.99. The Balaban J connectivity index is 2.88. The Morgan fingerprint density at radius 2 is 2.24 bits per heavy atom. The molecule has 1 aromatic rings. The topological polar surface area (TPSA) is 68.3 Å². The van der Waals surface area contributed by atoms with E-state index in [1.54, 1.807) is 0 Å². The summed E-state index contributed by atoms with van der Waals surface area (Å²) >= 11 is 6.40. The lowest BCUT2D eigenvalue weighted by Crippen LogP contribution is -2.39. The van der Waals surface area contributed by atoms with Crippen LogP contribution in [0.2, 0.25) is 0 Å². The van der Waals surface area contributed by atoms with Crippen molar-refractivity contribution in [3.05, 3.63) is 22.9 Å². The maximum Gasteiger partial charge on any atom is 0.242 e. The molecule has 1 N–H and O–H groups in total. The third kappa shape index (κ3) is 4.63. The Hall–Kier alpha value is -0.0200. The van der Waals surface area contributed by atoms with Crippen LogP contribution in [-0.2, 0) is 14.8 Å². The minimum absolute atomic E-state index is 0.119. The predicted molar refractivity (Wildman–Crippen MR) is 71.7 cm³/mol. The van der Waals surface area contributed by atoms with Gasteiger partial charge in [0.1, 0.15) is 4.90 Å². The van der Waals surface area contributed by atoms with Gasteiger partial charge in [-0.3, -0.25) is 4.98 Å². The van der Waals surface area contributed by atoms with E-state index in [0.717, 1.165) is 0 Å². The van der Waals surface area contributed by atoms with Crippen molar-refractivity contribution in [3.8, 4) is 0 Å². The van der Waals surface area contributed by atoms with Crippen LogP contribution in [0.5, 0.6) is 0 Å². The van der Waals surface area contributed by atoms with Gasteiger partial charge in [0, 0.05) is 29.3 Å². The summed E-state index contributed by atoms with van der Waals surface area (Å²) in [5.74, 6) is 0. The van der Waals surface area contributed by atoms with Gasteiger partial charge in [0.15, 0.2) is 0 Å². The summed E-state index contributed by atoms with van der Waals surface area (Å²) in [5, 5.41) is 0.474. The van der Waals surface area contributed by atoms with Crippen molar-refractivity contribution in [1.82, 2.24) is 9.71 Å². The zero-order valence-corrected chi connectivity index (χ0v) is 13.0. The van der Waals surface area contributed by atoms with E-state index in [0.29, 0.717) is 16.4 Å². The summed E-state index contributed by atoms with van der Waals surface area (Å²) in [6.45, 7) is 0.298. The van der Waals surface area contributed by atoms with E-state index >= 15 is 0 Å². The van der Waals surface area contributed by atoms with Crippen LogP contribution in [0.3, 0.4) is 0 Å². The average Bonchev–Trinajstić information content (AvgIpc) is 2.28. The number of rotatable bonds is 6. The maximum absolute atomic E-state index is 12.0. The number of hydrogen-bond acceptors (Lipinski definition) is 4. The second kappa shape index (κ2) is 6.79. The summed E-state index contributed by atoms with van der Waals surface area (Å²) in [7, 11) is -2.05. The van der Waals surface area contributed by atoms with Crippen LogP contribution in [0.1, 0.15) is 0 Å². The Morgan fingerprint density at radius 1 is 1.53 bits per heavy atom. The largest absolute Gasteiger partial charge is 0.383 e. The molecule has 96 valence electrons. The summed E-state index contributed by atoms with van der Waals surface area (Å²) in [4.78, 5) is 3.94. The number of sulfonamides is 1. The molecule has 1 aromatic heterocycles. The van der Waals surface area contributed by atoms with E-state index in [2.05, 4.69) is 41.6 Å². The molecule has 1 heterocycles. The molecule has 1 unspecified atom stereocenters. The van der Waals surface area contributed by atoms with Gasteiger partial charge in [0.05, 0.1) is 12.6 Å². The summed E-state index contributed by atoms with van der Waals surface area (Å²) in [5.41, 5.74) is 0. The number of ether oxygens (including phenoxy) is 1. The van der Waals surface area contributed by atoms with Crippen LogP contribution in [0.4, 0.5) is 0 Å². The van der Waals surface area contributed by atoms with E-state index < -0.39 is 10.0 Å². The summed E-state index contributed by atoms with van der Waals surface area (Å²) < 4.78 is 32.0. The van der Waals surface area contributed by atoms with Gasteiger partial charge < -0.3 is 4.74 Å². The lowest BCUT2D eigenvalue weighted by molar-refractivity contribution is 0.182. The Morgan fingerprint density at radius 3 is 2.76 bits per heavy atom. The third-order valence-corrected chi connectivity index (χ3v) is 4.57. The zero-order chi connectivity index (χ0) is 12.9. The standard InChI is InChI=1S/C9H12Br2N2O3S/c1-16-6-8(3-10)13-17(14,15)9-2-7(11)4-12-5-9/h2,4-5,8,13H,3,6H2,1H3. The minimum atomic E-state index is -3.57. The smallest absolute Gasteiger partial charge is 0.242 e. The quantitative estimate of drug-likeness (QED) is 0.751. The van der Waals surface area contributed by atoms with Crippen molar-refractivity contribution in [3.63, 3.8) is 0 Å². The normalized spacial score (nSPS) is 13.6. The van der Waals surface area contributed by atoms with E-state index in [1.165, 1.54) is 25.6 Å². The molecule has 1 atom stereocenters. The molecule has 0 saturated heterocycles. The fraction of sp³-hybridized carbons (Fsp3) is 0.444. The first-order valence-electron chi connectivity index (χ1n) is 4.67. The minimum Gasteiger partial charge on any atom is -0.383 e.